The van der Waals surface area contributed by atoms with E-state index in [4.69, 9.17) is 4.74 Å². The molecule has 120 valence electrons. The number of hydrogen-bond acceptors (Lipinski definition) is 4. The molecule has 5 nitrogen and oxygen atoms in total. The summed E-state index contributed by atoms with van der Waals surface area (Å²) in [5.74, 6) is 0.0227. The molecular formula is C19H15NO4. The van der Waals surface area contributed by atoms with Gasteiger partial charge in [0.25, 0.3) is 5.69 Å². The highest BCUT2D eigenvalue weighted by molar-refractivity contribution is 6.05. The van der Waals surface area contributed by atoms with Crippen LogP contribution in [-0.4, -0.2) is 10.9 Å². The van der Waals surface area contributed by atoms with Gasteiger partial charge in [0.1, 0.15) is 5.76 Å². The van der Waals surface area contributed by atoms with Gasteiger partial charge in [0, 0.05) is 17.7 Å². The normalized spacial score (nSPS) is 15.3. The third-order valence-corrected chi connectivity index (χ3v) is 3.92. The van der Waals surface area contributed by atoms with Crippen molar-refractivity contribution < 1.29 is 14.5 Å². The zero-order valence-corrected chi connectivity index (χ0v) is 13.3. The van der Waals surface area contributed by atoms with E-state index in [1.165, 1.54) is 12.1 Å². The van der Waals surface area contributed by atoms with Crippen LogP contribution in [0.25, 0.3) is 11.8 Å². The molecule has 1 aliphatic heterocycles. The summed E-state index contributed by atoms with van der Waals surface area (Å²) in [5.41, 5.74) is 4.03. The maximum absolute atomic E-state index is 12.1. The molecule has 5 heteroatoms. The fraction of sp³-hybridized carbons (Fsp3) is 0.105. The Bertz CT molecular complexity index is 909. The molecule has 0 amide bonds. The number of non-ortho nitro benzene ring substituents is 1. The lowest BCUT2D eigenvalue weighted by molar-refractivity contribution is -0.384. The number of hydrogen-bond donors (Lipinski definition) is 0. The fourth-order valence-electron chi connectivity index (χ4n) is 2.43. The van der Waals surface area contributed by atoms with Crippen LogP contribution in [0.5, 0.6) is 0 Å². The molecule has 0 spiro atoms. The van der Waals surface area contributed by atoms with E-state index in [-0.39, 0.29) is 5.69 Å². The largest absolute Gasteiger partial charge is 0.422 e. The van der Waals surface area contributed by atoms with E-state index in [9.17, 15) is 14.9 Å². The van der Waals surface area contributed by atoms with Crippen molar-refractivity contribution in [1.29, 1.82) is 0 Å². The van der Waals surface area contributed by atoms with Crippen LogP contribution in [0.1, 0.15) is 22.3 Å². The number of benzene rings is 2. The predicted molar refractivity (Wildman–Crippen MR) is 91.1 cm³/mol. The van der Waals surface area contributed by atoms with Gasteiger partial charge in [-0.25, -0.2) is 4.79 Å². The van der Waals surface area contributed by atoms with E-state index in [0.717, 1.165) is 16.7 Å². The van der Waals surface area contributed by atoms with Crippen LogP contribution in [0.2, 0.25) is 0 Å². The van der Waals surface area contributed by atoms with E-state index in [2.05, 4.69) is 0 Å². The van der Waals surface area contributed by atoms with Crippen LogP contribution in [0.15, 0.2) is 54.1 Å². The molecule has 0 bridgehead atoms. The van der Waals surface area contributed by atoms with Crippen molar-refractivity contribution >= 4 is 23.5 Å². The molecule has 0 N–H and O–H groups in total. The van der Waals surface area contributed by atoms with Crippen LogP contribution in [0.4, 0.5) is 5.69 Å². The van der Waals surface area contributed by atoms with Gasteiger partial charge in [-0.15, -0.1) is 0 Å². The fourth-order valence-corrected chi connectivity index (χ4v) is 2.43. The summed E-state index contributed by atoms with van der Waals surface area (Å²) in [6.45, 7) is 4.01. The molecule has 0 radical (unpaired) electrons. The monoisotopic (exact) mass is 321 g/mol. The summed E-state index contributed by atoms with van der Waals surface area (Å²) in [6.07, 6.45) is 3.24. The lowest BCUT2D eigenvalue weighted by Crippen LogP contribution is -1.97. The molecule has 0 aromatic heterocycles. The highest BCUT2D eigenvalue weighted by Gasteiger charge is 2.22. The van der Waals surface area contributed by atoms with Gasteiger partial charge in [0.15, 0.2) is 0 Å². The van der Waals surface area contributed by atoms with E-state index >= 15 is 0 Å². The zero-order valence-electron chi connectivity index (χ0n) is 13.3. The second-order valence-corrected chi connectivity index (χ2v) is 5.65. The zero-order chi connectivity index (χ0) is 17.3. The summed E-state index contributed by atoms with van der Waals surface area (Å²) in [7, 11) is 0. The Morgan fingerprint density at radius 1 is 1.08 bits per heavy atom. The van der Waals surface area contributed by atoms with E-state index in [0.29, 0.717) is 16.9 Å². The summed E-state index contributed by atoms with van der Waals surface area (Å²) >= 11 is 0. The van der Waals surface area contributed by atoms with Crippen molar-refractivity contribution in [2.75, 3.05) is 0 Å². The number of cyclic esters (lactones) is 1. The molecule has 2 aromatic carbocycles. The van der Waals surface area contributed by atoms with Gasteiger partial charge < -0.3 is 4.74 Å². The number of nitro groups is 1. The highest BCUT2D eigenvalue weighted by Crippen LogP contribution is 2.29. The van der Waals surface area contributed by atoms with Crippen LogP contribution in [0.3, 0.4) is 0 Å². The second kappa shape index (κ2) is 6.12. The van der Waals surface area contributed by atoms with Crippen LogP contribution < -0.4 is 0 Å². The molecule has 3 rings (SSSR count). The van der Waals surface area contributed by atoms with E-state index in [1.807, 2.05) is 32.0 Å². The number of nitro benzene ring substituents is 1. The standard InChI is InChI=1S/C19H15NO4/c1-12-6-7-15(8-13(12)2)18-11-16(19(21)24-18)9-14-4-3-5-17(10-14)20(22)23/h3-11H,1-2H3. The smallest absolute Gasteiger partial charge is 0.343 e. The SMILES string of the molecule is Cc1ccc(C2=CC(=Cc3cccc([N+](=O)[O-])c3)C(=O)O2)cc1C. The minimum Gasteiger partial charge on any atom is -0.422 e. The van der Waals surface area contributed by atoms with Crippen LogP contribution in [0, 0.1) is 24.0 Å². The van der Waals surface area contributed by atoms with Crippen LogP contribution in [-0.2, 0) is 9.53 Å². The summed E-state index contributed by atoms with van der Waals surface area (Å²) in [4.78, 5) is 22.4. The predicted octanol–water partition coefficient (Wildman–Crippen LogP) is 4.19. The second-order valence-electron chi connectivity index (χ2n) is 5.65. The molecule has 1 heterocycles. The quantitative estimate of drug-likeness (QED) is 0.368. The first-order chi connectivity index (χ1) is 11.4. The van der Waals surface area contributed by atoms with Crippen molar-refractivity contribution in [1.82, 2.24) is 0 Å². The van der Waals surface area contributed by atoms with Crippen molar-refractivity contribution in [3.63, 3.8) is 0 Å². The average molecular weight is 321 g/mol. The molecule has 0 fully saturated rings. The number of carbonyl (C=O) groups excluding carboxylic acids is 1. The van der Waals surface area contributed by atoms with Gasteiger partial charge in [-0.05, 0) is 48.8 Å². The third kappa shape index (κ3) is 3.10. The molecule has 2 aromatic rings. The van der Waals surface area contributed by atoms with Gasteiger partial charge in [-0.2, -0.15) is 0 Å². The average Bonchev–Trinajstić information content (AvgIpc) is 2.91. The van der Waals surface area contributed by atoms with Crippen molar-refractivity contribution in [2.24, 2.45) is 0 Å². The Morgan fingerprint density at radius 2 is 1.88 bits per heavy atom. The Balaban J connectivity index is 1.95. The number of aryl methyl sites for hydroxylation is 2. The number of carbonyl (C=O) groups is 1. The Kier molecular flexibility index (Phi) is 4.00. The van der Waals surface area contributed by atoms with Crippen molar-refractivity contribution in [2.45, 2.75) is 13.8 Å². The van der Waals surface area contributed by atoms with E-state index in [1.54, 1.807) is 24.3 Å². The number of esters is 1. The molecule has 0 aliphatic carbocycles. The van der Waals surface area contributed by atoms with Crippen LogP contribution >= 0.6 is 0 Å². The summed E-state index contributed by atoms with van der Waals surface area (Å²) in [6, 6.07) is 11.9. The van der Waals surface area contributed by atoms with Crippen molar-refractivity contribution in [3.05, 3.63) is 86.5 Å². The number of nitrogens with zero attached hydrogens (tertiary/aromatic N) is 1. The summed E-state index contributed by atoms with van der Waals surface area (Å²) < 4.78 is 5.32. The Morgan fingerprint density at radius 3 is 2.58 bits per heavy atom. The van der Waals surface area contributed by atoms with Crippen molar-refractivity contribution in [3.8, 4) is 0 Å². The molecule has 1 aliphatic rings. The first-order valence-corrected chi connectivity index (χ1v) is 7.42. The molecule has 0 unspecified atom stereocenters. The maximum atomic E-state index is 12.1. The third-order valence-electron chi connectivity index (χ3n) is 3.92. The minimum absolute atomic E-state index is 0.0194. The topological polar surface area (TPSA) is 69.4 Å². The first-order valence-electron chi connectivity index (χ1n) is 7.42. The molecule has 24 heavy (non-hydrogen) atoms. The first kappa shape index (κ1) is 15.7. The lowest BCUT2D eigenvalue weighted by Gasteiger charge is -2.05. The van der Waals surface area contributed by atoms with Gasteiger partial charge >= 0.3 is 5.97 Å². The van der Waals surface area contributed by atoms with Gasteiger partial charge in [-0.3, -0.25) is 10.1 Å². The Hall–Kier alpha value is -3.21. The molecule has 0 saturated carbocycles. The lowest BCUT2D eigenvalue weighted by atomic mass is 10.0. The minimum atomic E-state index is -0.467. The van der Waals surface area contributed by atoms with E-state index < -0.39 is 10.9 Å². The Labute approximate surface area is 139 Å². The molecule has 0 atom stereocenters. The van der Waals surface area contributed by atoms with Gasteiger partial charge in [0.05, 0.1) is 10.5 Å². The maximum Gasteiger partial charge on any atom is 0.343 e. The van der Waals surface area contributed by atoms with Gasteiger partial charge in [0.2, 0.25) is 0 Å². The van der Waals surface area contributed by atoms with Gasteiger partial charge in [-0.1, -0.05) is 24.3 Å². The number of rotatable bonds is 3. The molecular weight excluding hydrogens is 306 g/mol. The highest BCUT2D eigenvalue weighted by atomic mass is 16.6. The number of ether oxygens (including phenoxy) is 1. The summed E-state index contributed by atoms with van der Waals surface area (Å²) in [5, 5.41) is 10.8. The molecule has 0 saturated heterocycles.